The molecule has 1 fully saturated rings. The topological polar surface area (TPSA) is 93.5 Å². The second-order valence-electron chi connectivity index (χ2n) is 5.19. The van der Waals surface area contributed by atoms with Crippen LogP contribution < -0.4 is 10.7 Å². The fourth-order valence-electron chi connectivity index (χ4n) is 2.41. The first kappa shape index (κ1) is 15.2. The first-order valence-corrected chi connectivity index (χ1v) is 9.20. The van der Waals surface area contributed by atoms with Crippen molar-refractivity contribution in [2.24, 2.45) is 0 Å². The zero-order chi connectivity index (χ0) is 15.9. The second kappa shape index (κ2) is 5.51. The van der Waals surface area contributed by atoms with Crippen LogP contribution in [0.3, 0.4) is 0 Å². The highest BCUT2D eigenvalue weighted by molar-refractivity contribution is 9.10. The highest BCUT2D eigenvalue weighted by Gasteiger charge is 2.29. The maximum Gasteiger partial charge on any atom is 0.287 e. The first-order valence-electron chi connectivity index (χ1n) is 6.59. The van der Waals surface area contributed by atoms with Gasteiger partial charge in [0, 0.05) is 16.6 Å². The number of carbonyl (C=O) groups excluding carboxylic acids is 1. The molecule has 0 bridgehead atoms. The number of sulfone groups is 1. The molecule has 0 unspecified atom stereocenters. The third kappa shape index (κ3) is 3.07. The van der Waals surface area contributed by atoms with Crippen LogP contribution in [0.2, 0.25) is 0 Å². The molecule has 1 aromatic carbocycles. The van der Waals surface area contributed by atoms with Crippen LogP contribution >= 0.6 is 15.9 Å². The summed E-state index contributed by atoms with van der Waals surface area (Å²) in [6.45, 7) is 0. The summed E-state index contributed by atoms with van der Waals surface area (Å²) in [5.74, 6) is -0.727. The van der Waals surface area contributed by atoms with Crippen LogP contribution in [0.5, 0.6) is 0 Å². The molecule has 2 heterocycles. The van der Waals surface area contributed by atoms with E-state index in [1.54, 1.807) is 18.2 Å². The molecule has 6 nitrogen and oxygen atoms in total. The molecule has 116 valence electrons. The summed E-state index contributed by atoms with van der Waals surface area (Å²) in [5.41, 5.74) is -0.0241. The lowest BCUT2D eigenvalue weighted by Gasteiger charge is -2.10. The van der Waals surface area contributed by atoms with Gasteiger partial charge < -0.3 is 9.73 Å². The van der Waals surface area contributed by atoms with Crippen molar-refractivity contribution in [2.45, 2.75) is 12.5 Å². The Balaban J connectivity index is 1.90. The van der Waals surface area contributed by atoms with Gasteiger partial charge in [0.15, 0.2) is 21.0 Å². The monoisotopic (exact) mass is 385 g/mol. The minimum atomic E-state index is -3.08. The minimum absolute atomic E-state index is 0.0621. The Morgan fingerprint density at radius 1 is 1.32 bits per heavy atom. The molecule has 1 aliphatic heterocycles. The van der Waals surface area contributed by atoms with Gasteiger partial charge in [0.1, 0.15) is 5.58 Å². The molecule has 3 rings (SSSR count). The van der Waals surface area contributed by atoms with Crippen LogP contribution in [0.4, 0.5) is 0 Å². The molecule has 22 heavy (non-hydrogen) atoms. The summed E-state index contributed by atoms with van der Waals surface area (Å²) in [6.07, 6.45) is 0.372. The van der Waals surface area contributed by atoms with Crippen molar-refractivity contribution < 1.29 is 17.6 Å². The van der Waals surface area contributed by atoms with E-state index in [0.717, 1.165) is 10.5 Å². The van der Waals surface area contributed by atoms with Gasteiger partial charge >= 0.3 is 0 Å². The lowest BCUT2D eigenvalue weighted by atomic mass is 10.2. The molecule has 2 aromatic rings. The molecule has 0 spiro atoms. The summed E-state index contributed by atoms with van der Waals surface area (Å²) < 4.78 is 29.0. The number of nitrogens with one attached hydrogen (secondary N) is 1. The van der Waals surface area contributed by atoms with Gasteiger partial charge in [0.05, 0.1) is 16.9 Å². The van der Waals surface area contributed by atoms with Crippen LogP contribution in [0.15, 0.2) is 37.9 Å². The number of hydrogen-bond donors (Lipinski definition) is 1. The van der Waals surface area contributed by atoms with Crippen molar-refractivity contribution >= 4 is 42.6 Å². The smallest absolute Gasteiger partial charge is 0.287 e. The fourth-order valence-corrected chi connectivity index (χ4v) is 4.42. The zero-order valence-electron chi connectivity index (χ0n) is 11.3. The van der Waals surface area contributed by atoms with Gasteiger partial charge in [-0.15, -0.1) is 0 Å². The van der Waals surface area contributed by atoms with Crippen molar-refractivity contribution in [3.05, 3.63) is 44.7 Å². The predicted octanol–water partition coefficient (Wildman–Crippen LogP) is 1.47. The number of fused-ring (bicyclic) bond motifs is 1. The number of amides is 1. The van der Waals surface area contributed by atoms with E-state index in [-0.39, 0.29) is 22.7 Å². The number of rotatable bonds is 2. The first-order chi connectivity index (χ1) is 10.3. The molecule has 1 saturated heterocycles. The van der Waals surface area contributed by atoms with E-state index in [2.05, 4.69) is 21.2 Å². The maximum absolute atomic E-state index is 12.1. The molecular formula is C14H12BrNO5S. The van der Waals surface area contributed by atoms with E-state index in [4.69, 9.17) is 4.42 Å². The molecule has 1 aliphatic rings. The van der Waals surface area contributed by atoms with E-state index in [0.29, 0.717) is 17.4 Å². The Bertz CT molecular complexity index is 918. The van der Waals surface area contributed by atoms with Gasteiger partial charge in [0.25, 0.3) is 5.91 Å². The highest BCUT2D eigenvalue weighted by atomic mass is 79.9. The largest absolute Gasteiger partial charge is 0.451 e. The number of carbonyl (C=O) groups is 1. The average molecular weight is 386 g/mol. The van der Waals surface area contributed by atoms with Crippen LogP contribution in [0.1, 0.15) is 17.0 Å². The Kier molecular flexibility index (Phi) is 3.82. The zero-order valence-corrected chi connectivity index (χ0v) is 13.7. The lowest BCUT2D eigenvalue weighted by Crippen LogP contribution is -2.35. The molecular weight excluding hydrogens is 374 g/mol. The van der Waals surface area contributed by atoms with Crippen LogP contribution in [-0.2, 0) is 9.84 Å². The standard InChI is InChI=1S/C14H12BrNO5S/c15-8-1-2-10-11(17)6-13(21-12(10)5-8)14(18)16-9-3-4-22(19,20)7-9/h1-2,5-6,9H,3-4,7H2,(H,16,18)/t9-/m0/s1. The SMILES string of the molecule is O=C(N[C@H]1CCS(=O)(=O)C1)c1cc(=O)c2ccc(Br)cc2o1. The van der Waals surface area contributed by atoms with Crippen molar-refractivity contribution in [1.29, 1.82) is 0 Å². The van der Waals surface area contributed by atoms with Gasteiger partial charge in [-0.2, -0.15) is 0 Å². The minimum Gasteiger partial charge on any atom is -0.451 e. The lowest BCUT2D eigenvalue weighted by molar-refractivity contribution is 0.0913. The van der Waals surface area contributed by atoms with E-state index < -0.39 is 21.8 Å². The van der Waals surface area contributed by atoms with Crippen LogP contribution in [0.25, 0.3) is 11.0 Å². The van der Waals surface area contributed by atoms with Gasteiger partial charge in [-0.25, -0.2) is 8.42 Å². The summed E-state index contributed by atoms with van der Waals surface area (Å²) >= 11 is 3.27. The number of hydrogen-bond acceptors (Lipinski definition) is 5. The second-order valence-corrected chi connectivity index (χ2v) is 8.33. The van der Waals surface area contributed by atoms with Gasteiger partial charge in [-0.05, 0) is 24.6 Å². The Morgan fingerprint density at radius 3 is 2.77 bits per heavy atom. The number of benzene rings is 1. The molecule has 0 saturated carbocycles. The van der Waals surface area contributed by atoms with Crippen molar-refractivity contribution in [3.8, 4) is 0 Å². The van der Waals surface area contributed by atoms with E-state index in [1.807, 2.05) is 0 Å². The Labute approximate surface area is 134 Å². The molecule has 1 atom stereocenters. The molecule has 1 aromatic heterocycles. The maximum atomic E-state index is 12.1. The third-order valence-corrected chi connectivity index (χ3v) is 5.74. The number of halogens is 1. The van der Waals surface area contributed by atoms with E-state index in [1.165, 1.54) is 0 Å². The van der Waals surface area contributed by atoms with Crippen LogP contribution in [0, 0.1) is 0 Å². The Morgan fingerprint density at radius 2 is 2.09 bits per heavy atom. The van der Waals surface area contributed by atoms with Crippen molar-refractivity contribution in [2.75, 3.05) is 11.5 Å². The predicted molar refractivity (Wildman–Crippen MR) is 84.7 cm³/mol. The quantitative estimate of drug-likeness (QED) is 0.844. The average Bonchev–Trinajstić information content (AvgIpc) is 2.77. The Hall–Kier alpha value is -1.67. The third-order valence-electron chi connectivity index (χ3n) is 3.48. The molecule has 8 heteroatoms. The summed E-state index contributed by atoms with van der Waals surface area (Å²) in [7, 11) is -3.08. The summed E-state index contributed by atoms with van der Waals surface area (Å²) in [6, 6.07) is 5.60. The summed E-state index contributed by atoms with van der Waals surface area (Å²) in [4.78, 5) is 24.1. The summed E-state index contributed by atoms with van der Waals surface area (Å²) in [5, 5.41) is 2.97. The normalized spacial score (nSPS) is 20.1. The van der Waals surface area contributed by atoms with Crippen molar-refractivity contribution in [1.82, 2.24) is 5.32 Å². The highest BCUT2D eigenvalue weighted by Crippen LogP contribution is 2.19. The molecule has 1 amide bonds. The molecule has 1 N–H and O–H groups in total. The van der Waals surface area contributed by atoms with Gasteiger partial charge in [0.2, 0.25) is 0 Å². The van der Waals surface area contributed by atoms with Crippen molar-refractivity contribution in [3.63, 3.8) is 0 Å². The fraction of sp³-hybridized carbons (Fsp3) is 0.286. The van der Waals surface area contributed by atoms with Gasteiger partial charge in [-0.1, -0.05) is 15.9 Å². The molecule has 0 aliphatic carbocycles. The van der Waals surface area contributed by atoms with E-state index >= 15 is 0 Å². The van der Waals surface area contributed by atoms with Gasteiger partial charge in [-0.3, -0.25) is 9.59 Å². The molecule has 0 radical (unpaired) electrons. The van der Waals surface area contributed by atoms with E-state index in [9.17, 15) is 18.0 Å². The van der Waals surface area contributed by atoms with Crippen LogP contribution in [-0.4, -0.2) is 31.9 Å².